The Balaban J connectivity index is 0.00000196. The zero-order chi connectivity index (χ0) is 10.9. The molecule has 5 nitrogen and oxygen atoms in total. The van der Waals surface area contributed by atoms with Crippen LogP contribution in [-0.2, 0) is 10.1 Å². The molecule has 0 amide bonds. The van der Waals surface area contributed by atoms with Crippen molar-refractivity contribution in [2.75, 3.05) is 0 Å². The molecule has 0 unspecified atom stereocenters. The van der Waals surface area contributed by atoms with Crippen LogP contribution in [0.15, 0.2) is 23.1 Å². The van der Waals surface area contributed by atoms with Crippen LogP contribution in [0.25, 0.3) is 0 Å². The monoisotopic (exact) mass is 238 g/mol. The molecule has 1 N–H and O–H groups in total. The second kappa shape index (κ2) is 5.09. The number of hydrogen-bond acceptors (Lipinski definition) is 4. The third-order valence-electron chi connectivity index (χ3n) is 1.58. The van der Waals surface area contributed by atoms with Crippen molar-refractivity contribution in [2.24, 2.45) is 0 Å². The molecule has 0 aliphatic carbocycles. The van der Waals surface area contributed by atoms with Crippen molar-refractivity contribution < 1.29 is 52.4 Å². The molecule has 0 saturated heterocycles. The first-order valence-electron chi connectivity index (χ1n) is 3.61. The summed E-state index contributed by atoms with van der Waals surface area (Å²) in [4.78, 5) is 10.00. The van der Waals surface area contributed by atoms with Crippen LogP contribution in [0.5, 0.6) is 0 Å². The predicted molar refractivity (Wildman–Crippen MR) is 45.3 cm³/mol. The van der Waals surface area contributed by atoms with Gasteiger partial charge in [0, 0.05) is 0 Å². The smallest absolute Gasteiger partial charge is 0.545 e. The minimum atomic E-state index is -4.37. The number of benzene rings is 1. The molecule has 1 rings (SSSR count). The number of carboxylic acid groups (broad SMARTS) is 1. The van der Waals surface area contributed by atoms with E-state index in [1.807, 2.05) is 0 Å². The summed E-state index contributed by atoms with van der Waals surface area (Å²) < 4.78 is 30.1. The molecule has 0 atom stereocenters. The molecule has 0 radical (unpaired) electrons. The second-order valence-electron chi connectivity index (χ2n) is 2.80. The summed E-state index contributed by atoms with van der Waals surface area (Å²) in [6.45, 7) is 1.52. The maximum Gasteiger partial charge on any atom is 1.00 e. The van der Waals surface area contributed by atoms with E-state index in [4.69, 9.17) is 4.55 Å². The minimum absolute atomic E-state index is 0. The van der Waals surface area contributed by atoms with Gasteiger partial charge in [-0.2, -0.15) is 8.42 Å². The molecule has 0 saturated carbocycles. The van der Waals surface area contributed by atoms with Crippen LogP contribution >= 0.6 is 0 Å². The fourth-order valence-electron chi connectivity index (χ4n) is 1.01. The SMILES string of the molecule is Cc1cc(C(=O)[O-])cc(S(=O)(=O)O)c1.[Na+]. The van der Waals surface area contributed by atoms with Gasteiger partial charge in [0.1, 0.15) is 0 Å². The number of carbonyl (C=O) groups excluding carboxylic acids is 1. The van der Waals surface area contributed by atoms with Gasteiger partial charge in [-0.15, -0.1) is 0 Å². The van der Waals surface area contributed by atoms with E-state index in [1.165, 1.54) is 19.1 Å². The molecule has 0 aliphatic heterocycles. The van der Waals surface area contributed by atoms with Crippen LogP contribution in [0, 0.1) is 6.92 Å². The van der Waals surface area contributed by atoms with E-state index in [1.54, 1.807) is 0 Å². The third-order valence-corrected chi connectivity index (χ3v) is 2.42. The van der Waals surface area contributed by atoms with E-state index in [0.29, 0.717) is 5.56 Å². The van der Waals surface area contributed by atoms with Crippen LogP contribution in [-0.4, -0.2) is 18.9 Å². The molecule has 0 heterocycles. The summed E-state index contributed by atoms with van der Waals surface area (Å²) in [7, 11) is -4.37. The maximum atomic E-state index is 10.7. The summed E-state index contributed by atoms with van der Waals surface area (Å²) in [5.41, 5.74) is 0.136. The van der Waals surface area contributed by atoms with Gasteiger partial charge in [0.15, 0.2) is 0 Å². The van der Waals surface area contributed by atoms with Gasteiger partial charge in [0.25, 0.3) is 10.1 Å². The molecular formula is C8H7NaO5S. The summed E-state index contributed by atoms with van der Waals surface area (Å²) in [6.07, 6.45) is 0. The number of aryl methyl sites for hydroxylation is 1. The number of carbonyl (C=O) groups is 1. The van der Waals surface area contributed by atoms with Crippen molar-refractivity contribution in [3.05, 3.63) is 29.3 Å². The molecule has 0 bridgehead atoms. The summed E-state index contributed by atoms with van der Waals surface area (Å²) >= 11 is 0. The van der Waals surface area contributed by atoms with Crippen LogP contribution in [0.3, 0.4) is 0 Å². The topological polar surface area (TPSA) is 94.5 Å². The molecule has 0 spiro atoms. The normalized spacial score (nSPS) is 10.5. The summed E-state index contributed by atoms with van der Waals surface area (Å²) in [5.74, 6) is -1.49. The molecular weight excluding hydrogens is 231 g/mol. The van der Waals surface area contributed by atoms with Crippen LogP contribution in [0.4, 0.5) is 0 Å². The van der Waals surface area contributed by atoms with Crippen molar-refractivity contribution in [1.29, 1.82) is 0 Å². The van der Waals surface area contributed by atoms with Gasteiger partial charge in [0.2, 0.25) is 0 Å². The van der Waals surface area contributed by atoms with Gasteiger partial charge in [-0.1, -0.05) is 6.07 Å². The third kappa shape index (κ3) is 3.92. The molecule has 0 aliphatic rings. The Morgan fingerprint density at radius 3 is 2.27 bits per heavy atom. The fourth-order valence-corrected chi connectivity index (χ4v) is 1.63. The van der Waals surface area contributed by atoms with Crippen molar-refractivity contribution >= 4 is 16.1 Å². The number of aromatic carboxylic acids is 1. The van der Waals surface area contributed by atoms with Crippen molar-refractivity contribution in [2.45, 2.75) is 11.8 Å². The number of carboxylic acids is 1. The molecule has 7 heteroatoms. The molecule has 15 heavy (non-hydrogen) atoms. The van der Waals surface area contributed by atoms with E-state index >= 15 is 0 Å². The average molecular weight is 238 g/mol. The van der Waals surface area contributed by atoms with Crippen LogP contribution < -0.4 is 34.7 Å². The second-order valence-corrected chi connectivity index (χ2v) is 4.22. The van der Waals surface area contributed by atoms with Gasteiger partial charge in [-0.25, -0.2) is 0 Å². The maximum absolute atomic E-state index is 10.7. The van der Waals surface area contributed by atoms with Gasteiger partial charge < -0.3 is 9.90 Å². The first kappa shape index (κ1) is 14.6. The molecule has 1 aromatic carbocycles. The fraction of sp³-hybridized carbons (Fsp3) is 0.125. The Labute approximate surface area is 109 Å². The van der Waals surface area contributed by atoms with Gasteiger partial charge in [0.05, 0.1) is 10.9 Å². The Morgan fingerprint density at radius 2 is 1.87 bits per heavy atom. The van der Waals surface area contributed by atoms with Crippen molar-refractivity contribution in [3.63, 3.8) is 0 Å². The van der Waals surface area contributed by atoms with E-state index in [0.717, 1.165) is 6.07 Å². The quantitative estimate of drug-likeness (QED) is 0.428. The number of hydrogen-bond donors (Lipinski definition) is 1. The molecule has 1 aromatic rings. The Morgan fingerprint density at radius 1 is 1.33 bits per heavy atom. The van der Waals surface area contributed by atoms with E-state index < -0.39 is 21.0 Å². The predicted octanol–water partition coefficient (Wildman–Crippen LogP) is -3.39. The molecule has 0 fully saturated rings. The Hall–Kier alpha value is -0.400. The zero-order valence-electron chi connectivity index (χ0n) is 8.22. The van der Waals surface area contributed by atoms with Crippen LogP contribution in [0.2, 0.25) is 0 Å². The first-order valence-corrected chi connectivity index (χ1v) is 5.05. The summed E-state index contributed by atoms with van der Waals surface area (Å²) in [5, 5.41) is 10.4. The van der Waals surface area contributed by atoms with Crippen molar-refractivity contribution in [3.8, 4) is 0 Å². The van der Waals surface area contributed by atoms with Gasteiger partial charge in [-0.05, 0) is 30.2 Å². The molecule has 76 valence electrons. The standard InChI is InChI=1S/C8H8O5S.Na/c1-5-2-6(8(9)10)4-7(3-5)14(11,12)13;/h2-4H,1H3,(H,9,10)(H,11,12,13);/q;+1/p-1. The number of rotatable bonds is 2. The van der Waals surface area contributed by atoms with E-state index in [-0.39, 0.29) is 35.1 Å². The molecule has 0 aromatic heterocycles. The van der Waals surface area contributed by atoms with E-state index in [9.17, 15) is 18.3 Å². The summed E-state index contributed by atoms with van der Waals surface area (Å²) in [6, 6.07) is 3.27. The van der Waals surface area contributed by atoms with Crippen molar-refractivity contribution in [1.82, 2.24) is 0 Å². The minimum Gasteiger partial charge on any atom is -0.545 e. The first-order chi connectivity index (χ1) is 6.30. The van der Waals surface area contributed by atoms with Crippen LogP contribution in [0.1, 0.15) is 15.9 Å². The zero-order valence-corrected chi connectivity index (χ0v) is 11.0. The van der Waals surface area contributed by atoms with E-state index in [2.05, 4.69) is 0 Å². The largest absolute Gasteiger partial charge is 1.00 e. The Kier molecular flexibility index (Phi) is 4.95. The Bertz CT molecular complexity index is 480. The van der Waals surface area contributed by atoms with Gasteiger partial charge in [-0.3, -0.25) is 4.55 Å². The average Bonchev–Trinajstić information content (AvgIpc) is 2.01. The van der Waals surface area contributed by atoms with Gasteiger partial charge >= 0.3 is 29.6 Å².